The molecule has 0 atom stereocenters. The van der Waals surface area contributed by atoms with Crippen LogP contribution < -0.4 is 0 Å². The van der Waals surface area contributed by atoms with Crippen LogP contribution in [0.4, 0.5) is 0 Å². The Morgan fingerprint density at radius 1 is 1.21 bits per heavy atom. The average molecular weight is 253 g/mol. The Hall–Kier alpha value is -1.56. The van der Waals surface area contributed by atoms with E-state index in [1.165, 1.54) is 38.5 Å². The van der Waals surface area contributed by atoms with E-state index in [2.05, 4.69) is 11.2 Å². The smallest absolute Gasteiger partial charge is 0.0931 e. The van der Waals surface area contributed by atoms with Gasteiger partial charge in [-0.3, -0.25) is 0 Å². The number of hydrogen-bond acceptors (Lipinski definition) is 2. The third-order valence-corrected chi connectivity index (χ3v) is 5.53. The highest BCUT2D eigenvalue weighted by Crippen LogP contribution is 2.63. The van der Waals surface area contributed by atoms with Crippen molar-refractivity contribution in [2.24, 2.45) is 23.2 Å². The summed E-state index contributed by atoms with van der Waals surface area (Å²) in [6.07, 6.45) is 13.6. The molecule has 0 spiro atoms. The van der Waals surface area contributed by atoms with Crippen molar-refractivity contribution in [1.29, 1.82) is 5.26 Å². The lowest BCUT2D eigenvalue weighted by molar-refractivity contribution is -0.0209. The Balaban J connectivity index is 1.78. The summed E-state index contributed by atoms with van der Waals surface area (Å²) in [5.74, 6) is 2.68. The number of nitrogens with zero attached hydrogens (tertiary/aromatic N) is 3. The fraction of sp³-hybridized carbons (Fsp3) is 0.625. The van der Waals surface area contributed by atoms with Crippen molar-refractivity contribution in [3.05, 3.63) is 24.5 Å². The highest BCUT2D eigenvalue weighted by molar-refractivity contribution is 5.56. The molecule has 19 heavy (non-hydrogen) atoms. The van der Waals surface area contributed by atoms with Crippen LogP contribution in [-0.2, 0) is 0 Å². The molecule has 0 unspecified atom stereocenters. The standard InChI is InChI=1S/C16H19N3/c17-3-2-15(19-5-1-4-18-19)16-9-12-6-13(10-16)8-14(7-12)11-16/h1-2,4-5,12-14H,6-11H2/b15-2-. The Morgan fingerprint density at radius 3 is 2.32 bits per heavy atom. The van der Waals surface area contributed by atoms with Crippen molar-refractivity contribution in [3.63, 3.8) is 0 Å². The van der Waals surface area contributed by atoms with E-state index in [0.717, 1.165) is 23.5 Å². The molecule has 3 heteroatoms. The van der Waals surface area contributed by atoms with Gasteiger partial charge in [-0.2, -0.15) is 10.4 Å². The first-order valence-electron chi connectivity index (χ1n) is 7.39. The molecule has 0 saturated heterocycles. The molecule has 0 N–H and O–H groups in total. The Kier molecular flexibility index (Phi) is 2.35. The summed E-state index contributed by atoms with van der Waals surface area (Å²) in [6.45, 7) is 0. The molecule has 4 bridgehead atoms. The van der Waals surface area contributed by atoms with Crippen LogP contribution in [0.2, 0.25) is 0 Å². The van der Waals surface area contributed by atoms with Crippen LogP contribution in [0, 0.1) is 34.5 Å². The van der Waals surface area contributed by atoms with Gasteiger partial charge in [-0.15, -0.1) is 0 Å². The lowest BCUT2D eigenvalue weighted by atomic mass is 9.48. The van der Waals surface area contributed by atoms with Gasteiger partial charge in [0.25, 0.3) is 0 Å². The van der Waals surface area contributed by atoms with Gasteiger partial charge in [0, 0.05) is 23.9 Å². The van der Waals surface area contributed by atoms with Crippen molar-refractivity contribution < 1.29 is 0 Å². The summed E-state index contributed by atoms with van der Waals surface area (Å²) < 4.78 is 1.94. The molecule has 4 saturated carbocycles. The van der Waals surface area contributed by atoms with Crippen LogP contribution in [-0.4, -0.2) is 9.78 Å². The molecular formula is C16H19N3. The summed E-state index contributed by atoms with van der Waals surface area (Å²) in [7, 11) is 0. The topological polar surface area (TPSA) is 41.6 Å². The predicted octanol–water partition coefficient (Wildman–Crippen LogP) is 3.46. The summed E-state index contributed by atoms with van der Waals surface area (Å²) in [4.78, 5) is 0. The van der Waals surface area contributed by atoms with Gasteiger partial charge >= 0.3 is 0 Å². The van der Waals surface area contributed by atoms with Crippen LogP contribution in [0.15, 0.2) is 24.5 Å². The molecule has 1 aromatic rings. The minimum Gasteiger partial charge on any atom is -0.244 e. The first kappa shape index (κ1) is 11.3. The molecule has 4 fully saturated rings. The first-order chi connectivity index (χ1) is 9.29. The monoisotopic (exact) mass is 253 g/mol. The summed E-state index contributed by atoms with van der Waals surface area (Å²) in [5, 5.41) is 13.6. The normalized spacial score (nSPS) is 40.4. The SMILES string of the molecule is N#C/C=C(\n1cccn1)C12CC3CC(CC(C3)C1)C2. The second-order valence-electron chi connectivity index (χ2n) is 6.81. The lowest BCUT2D eigenvalue weighted by Crippen LogP contribution is -2.47. The second-order valence-corrected chi connectivity index (χ2v) is 6.81. The molecule has 1 aromatic heterocycles. The van der Waals surface area contributed by atoms with Crippen molar-refractivity contribution in [2.45, 2.75) is 38.5 Å². The zero-order valence-electron chi connectivity index (χ0n) is 11.1. The van der Waals surface area contributed by atoms with Gasteiger partial charge in [-0.1, -0.05) is 0 Å². The minimum absolute atomic E-state index is 0.233. The molecule has 0 amide bonds. The number of hydrogen-bond donors (Lipinski definition) is 0. The number of nitriles is 1. The molecule has 0 aromatic carbocycles. The van der Waals surface area contributed by atoms with E-state index in [1.807, 2.05) is 23.1 Å². The zero-order valence-corrected chi connectivity index (χ0v) is 11.1. The van der Waals surface area contributed by atoms with Crippen LogP contribution in [0.3, 0.4) is 0 Å². The molecule has 5 rings (SSSR count). The molecular weight excluding hydrogens is 234 g/mol. The molecule has 1 heterocycles. The van der Waals surface area contributed by atoms with Crippen LogP contribution in [0.25, 0.3) is 5.70 Å². The van der Waals surface area contributed by atoms with Crippen LogP contribution >= 0.6 is 0 Å². The van der Waals surface area contributed by atoms with Gasteiger partial charge in [0.05, 0.1) is 11.8 Å². The van der Waals surface area contributed by atoms with E-state index in [0.29, 0.717) is 0 Å². The van der Waals surface area contributed by atoms with Crippen LogP contribution in [0.5, 0.6) is 0 Å². The highest BCUT2D eigenvalue weighted by atomic mass is 15.3. The number of rotatable bonds is 2. The quantitative estimate of drug-likeness (QED) is 0.757. The predicted molar refractivity (Wildman–Crippen MR) is 72.7 cm³/mol. The average Bonchev–Trinajstić information content (AvgIpc) is 2.87. The highest BCUT2D eigenvalue weighted by Gasteiger charge is 2.53. The molecule has 4 aliphatic carbocycles. The Bertz CT molecular complexity index is 512. The lowest BCUT2D eigenvalue weighted by Gasteiger charge is -2.57. The third kappa shape index (κ3) is 1.66. The van der Waals surface area contributed by atoms with Gasteiger partial charge in [-0.05, 0) is 62.3 Å². The maximum atomic E-state index is 9.17. The van der Waals surface area contributed by atoms with E-state index in [1.54, 1.807) is 6.08 Å². The van der Waals surface area contributed by atoms with Gasteiger partial charge in [-0.25, -0.2) is 4.68 Å². The summed E-state index contributed by atoms with van der Waals surface area (Å²) >= 11 is 0. The third-order valence-electron chi connectivity index (χ3n) is 5.53. The first-order valence-corrected chi connectivity index (χ1v) is 7.39. The van der Waals surface area contributed by atoms with Crippen LogP contribution in [0.1, 0.15) is 38.5 Å². The zero-order chi connectivity index (χ0) is 12.9. The maximum absolute atomic E-state index is 9.17. The fourth-order valence-electron chi connectivity index (χ4n) is 5.36. The van der Waals surface area contributed by atoms with Gasteiger partial charge in [0.2, 0.25) is 0 Å². The van der Waals surface area contributed by atoms with E-state index < -0.39 is 0 Å². The number of allylic oxidation sites excluding steroid dienone is 2. The summed E-state index contributed by atoms with van der Waals surface area (Å²) in [5.41, 5.74) is 1.38. The largest absolute Gasteiger partial charge is 0.244 e. The van der Waals surface area contributed by atoms with Crippen molar-refractivity contribution in [2.75, 3.05) is 0 Å². The fourth-order valence-corrected chi connectivity index (χ4v) is 5.36. The number of aromatic nitrogens is 2. The molecule has 4 aliphatic rings. The maximum Gasteiger partial charge on any atom is 0.0931 e. The Labute approximate surface area is 113 Å². The van der Waals surface area contributed by atoms with Gasteiger partial charge < -0.3 is 0 Å². The molecule has 0 aliphatic heterocycles. The van der Waals surface area contributed by atoms with Gasteiger partial charge in [0.15, 0.2) is 0 Å². The molecule has 0 radical (unpaired) electrons. The van der Waals surface area contributed by atoms with E-state index in [9.17, 15) is 0 Å². The minimum atomic E-state index is 0.233. The summed E-state index contributed by atoms with van der Waals surface area (Å²) in [6, 6.07) is 4.21. The molecule has 98 valence electrons. The Morgan fingerprint density at radius 2 is 1.84 bits per heavy atom. The van der Waals surface area contributed by atoms with E-state index in [4.69, 9.17) is 5.26 Å². The van der Waals surface area contributed by atoms with E-state index in [-0.39, 0.29) is 5.41 Å². The van der Waals surface area contributed by atoms with E-state index >= 15 is 0 Å². The van der Waals surface area contributed by atoms with Gasteiger partial charge in [0.1, 0.15) is 0 Å². The van der Waals surface area contributed by atoms with Crippen molar-refractivity contribution >= 4 is 5.70 Å². The van der Waals surface area contributed by atoms with Crippen molar-refractivity contribution in [1.82, 2.24) is 9.78 Å². The molecule has 3 nitrogen and oxygen atoms in total. The van der Waals surface area contributed by atoms with Crippen molar-refractivity contribution in [3.8, 4) is 6.07 Å². The second kappa shape index (κ2) is 3.96.